The maximum atomic E-state index is 12.3. The van der Waals surface area contributed by atoms with E-state index in [1.807, 2.05) is 11.0 Å². The van der Waals surface area contributed by atoms with E-state index in [9.17, 15) is 18.0 Å². The molecule has 2 aromatic carbocycles. The van der Waals surface area contributed by atoms with Crippen molar-refractivity contribution >= 4 is 17.3 Å². The van der Waals surface area contributed by atoms with Crippen LogP contribution in [-0.4, -0.2) is 48.9 Å². The molecule has 1 aromatic heterocycles. The number of likely N-dealkylation sites (tertiary alicyclic amines) is 1. The highest BCUT2D eigenvalue weighted by atomic mass is 19.4. The minimum absolute atomic E-state index is 0.277. The molecule has 1 aliphatic rings. The summed E-state index contributed by atoms with van der Waals surface area (Å²) >= 11 is 0. The molecule has 0 unspecified atom stereocenters. The molecule has 4 rings (SSSR count). The maximum absolute atomic E-state index is 12.3. The van der Waals surface area contributed by atoms with Crippen molar-refractivity contribution in [1.29, 1.82) is 0 Å². The molecule has 0 N–H and O–H groups in total. The topological polar surface area (TPSA) is 64.8 Å². The van der Waals surface area contributed by atoms with E-state index in [1.165, 1.54) is 12.1 Å². The molecule has 1 fully saturated rings. The first-order valence-electron chi connectivity index (χ1n) is 8.96. The Morgan fingerprint density at radius 3 is 2.55 bits per heavy atom. The highest BCUT2D eigenvalue weighted by Crippen LogP contribution is 2.32. The van der Waals surface area contributed by atoms with Gasteiger partial charge in [-0.1, -0.05) is 18.2 Å². The lowest BCUT2D eigenvalue weighted by atomic mass is 10.0. The summed E-state index contributed by atoms with van der Waals surface area (Å²) in [6.07, 6.45) is -3.84. The molecule has 0 aliphatic carbocycles. The Morgan fingerprint density at radius 1 is 1.14 bits per heavy atom. The fourth-order valence-corrected chi connectivity index (χ4v) is 3.28. The number of nitrogens with zero attached hydrogens (tertiary/aromatic N) is 2. The number of rotatable bonds is 7. The maximum Gasteiger partial charge on any atom is 0.573 e. The third-order valence-electron chi connectivity index (χ3n) is 4.68. The standard InChI is InChI=1S/C20H17F3N2O4/c21-20(22,23)28-16-4-1-14(2-5-16)15-3-6-18-17(9-15)19(24-29-18)27-12-13-10-25(11-13)7-8-26/h1-6,8-9,13H,7,10-12H2. The Kier molecular flexibility index (Phi) is 5.14. The SMILES string of the molecule is O=CCN1CC(COc2noc3ccc(-c4ccc(OC(F)(F)F)cc4)cc23)C1. The van der Waals surface area contributed by atoms with E-state index in [1.54, 1.807) is 24.3 Å². The van der Waals surface area contributed by atoms with Crippen molar-refractivity contribution in [3.63, 3.8) is 0 Å². The van der Waals surface area contributed by atoms with Gasteiger partial charge in [-0.2, -0.15) is 0 Å². The molecule has 3 aromatic rings. The number of ether oxygens (including phenoxy) is 2. The number of carbonyl (C=O) groups is 1. The van der Waals surface area contributed by atoms with Gasteiger partial charge < -0.3 is 18.8 Å². The van der Waals surface area contributed by atoms with Crippen LogP contribution in [0.5, 0.6) is 11.6 Å². The van der Waals surface area contributed by atoms with Crippen LogP contribution in [0, 0.1) is 5.92 Å². The summed E-state index contributed by atoms with van der Waals surface area (Å²) in [6.45, 7) is 2.49. The zero-order chi connectivity index (χ0) is 20.4. The molecule has 152 valence electrons. The van der Waals surface area contributed by atoms with Crippen LogP contribution in [-0.2, 0) is 4.79 Å². The first-order valence-corrected chi connectivity index (χ1v) is 8.96. The summed E-state index contributed by atoms with van der Waals surface area (Å²) in [5.41, 5.74) is 2.05. The summed E-state index contributed by atoms with van der Waals surface area (Å²) in [6, 6.07) is 11.0. The second-order valence-electron chi connectivity index (χ2n) is 6.83. The van der Waals surface area contributed by atoms with E-state index in [4.69, 9.17) is 9.26 Å². The molecule has 0 atom stereocenters. The summed E-state index contributed by atoms with van der Waals surface area (Å²) in [7, 11) is 0. The fraction of sp³-hybridized carbons (Fsp3) is 0.300. The molecule has 0 saturated carbocycles. The summed E-state index contributed by atoms with van der Waals surface area (Å²) < 4.78 is 51.9. The Hall–Kier alpha value is -3.07. The van der Waals surface area contributed by atoms with Gasteiger partial charge in [0, 0.05) is 19.0 Å². The lowest BCUT2D eigenvalue weighted by Crippen LogP contribution is -2.49. The lowest BCUT2D eigenvalue weighted by Gasteiger charge is -2.37. The van der Waals surface area contributed by atoms with Crippen molar-refractivity contribution in [2.75, 3.05) is 26.2 Å². The number of benzene rings is 2. The van der Waals surface area contributed by atoms with Gasteiger partial charge in [-0.25, -0.2) is 0 Å². The average Bonchev–Trinajstić information content (AvgIpc) is 3.05. The number of fused-ring (bicyclic) bond motifs is 1. The van der Waals surface area contributed by atoms with Crippen LogP contribution in [0.4, 0.5) is 13.2 Å². The van der Waals surface area contributed by atoms with E-state index < -0.39 is 6.36 Å². The number of hydrogen-bond donors (Lipinski definition) is 0. The molecule has 0 amide bonds. The van der Waals surface area contributed by atoms with Gasteiger partial charge in [-0.05, 0) is 40.5 Å². The van der Waals surface area contributed by atoms with Crippen LogP contribution in [0.25, 0.3) is 22.1 Å². The van der Waals surface area contributed by atoms with Gasteiger partial charge in [0.1, 0.15) is 12.0 Å². The first-order chi connectivity index (χ1) is 13.9. The molecular formula is C20H17F3N2O4. The molecule has 0 bridgehead atoms. The number of carbonyl (C=O) groups excluding carboxylic acids is 1. The Bertz CT molecular complexity index is 995. The third-order valence-corrected chi connectivity index (χ3v) is 4.68. The Balaban J connectivity index is 1.46. The van der Waals surface area contributed by atoms with Crippen molar-refractivity contribution < 1.29 is 32.0 Å². The van der Waals surface area contributed by atoms with Crippen LogP contribution in [0.15, 0.2) is 47.0 Å². The predicted molar refractivity (Wildman–Crippen MR) is 97.6 cm³/mol. The van der Waals surface area contributed by atoms with Gasteiger partial charge in [0.25, 0.3) is 5.88 Å². The first kappa shape index (κ1) is 19.3. The predicted octanol–water partition coefficient (Wildman–Crippen LogP) is 3.90. The minimum atomic E-state index is -4.72. The number of halogens is 3. The molecule has 1 aliphatic heterocycles. The third kappa shape index (κ3) is 4.51. The highest BCUT2D eigenvalue weighted by molar-refractivity contribution is 5.87. The number of hydrogen-bond acceptors (Lipinski definition) is 6. The number of aldehydes is 1. The van der Waals surface area contributed by atoms with Crippen LogP contribution in [0.2, 0.25) is 0 Å². The van der Waals surface area contributed by atoms with E-state index >= 15 is 0 Å². The van der Waals surface area contributed by atoms with Crippen molar-refractivity contribution in [2.24, 2.45) is 5.92 Å². The quantitative estimate of drug-likeness (QED) is 0.555. The van der Waals surface area contributed by atoms with Crippen LogP contribution in [0.1, 0.15) is 0 Å². The van der Waals surface area contributed by atoms with Crippen molar-refractivity contribution in [3.05, 3.63) is 42.5 Å². The monoisotopic (exact) mass is 406 g/mol. The van der Waals surface area contributed by atoms with Crippen molar-refractivity contribution in [1.82, 2.24) is 10.1 Å². The van der Waals surface area contributed by atoms with E-state index in [0.717, 1.165) is 30.5 Å². The van der Waals surface area contributed by atoms with Gasteiger partial charge in [0.15, 0.2) is 5.58 Å². The normalized spacial score (nSPS) is 15.3. The van der Waals surface area contributed by atoms with Gasteiger partial charge in [-0.15, -0.1) is 13.2 Å². The minimum Gasteiger partial charge on any atom is -0.475 e. The molecule has 1 saturated heterocycles. The second-order valence-corrected chi connectivity index (χ2v) is 6.83. The lowest BCUT2D eigenvalue weighted by molar-refractivity contribution is -0.274. The van der Waals surface area contributed by atoms with Crippen LogP contribution >= 0.6 is 0 Å². The zero-order valence-electron chi connectivity index (χ0n) is 15.2. The van der Waals surface area contributed by atoms with Gasteiger partial charge in [-0.3, -0.25) is 4.90 Å². The molecule has 0 radical (unpaired) electrons. The van der Waals surface area contributed by atoms with Gasteiger partial charge in [0.05, 0.1) is 18.5 Å². The largest absolute Gasteiger partial charge is 0.573 e. The smallest absolute Gasteiger partial charge is 0.475 e. The van der Waals surface area contributed by atoms with Gasteiger partial charge in [0.2, 0.25) is 0 Å². The summed E-state index contributed by atoms with van der Waals surface area (Å²) in [5, 5.41) is 4.64. The molecule has 29 heavy (non-hydrogen) atoms. The van der Waals surface area contributed by atoms with Crippen molar-refractivity contribution in [2.45, 2.75) is 6.36 Å². The van der Waals surface area contributed by atoms with Crippen LogP contribution in [0.3, 0.4) is 0 Å². The highest BCUT2D eigenvalue weighted by Gasteiger charge is 2.31. The second kappa shape index (κ2) is 7.75. The number of aromatic nitrogens is 1. The summed E-state index contributed by atoms with van der Waals surface area (Å²) in [5.74, 6) is 0.416. The van der Waals surface area contributed by atoms with Crippen molar-refractivity contribution in [3.8, 4) is 22.8 Å². The molecule has 2 heterocycles. The summed E-state index contributed by atoms with van der Waals surface area (Å²) in [4.78, 5) is 12.5. The number of alkyl halides is 3. The molecule has 0 spiro atoms. The van der Waals surface area contributed by atoms with Gasteiger partial charge >= 0.3 is 6.36 Å². The fourth-order valence-electron chi connectivity index (χ4n) is 3.28. The van der Waals surface area contributed by atoms with E-state index in [0.29, 0.717) is 35.9 Å². The Labute approximate surface area is 163 Å². The molecular weight excluding hydrogens is 389 g/mol. The zero-order valence-corrected chi connectivity index (χ0v) is 15.2. The van der Waals surface area contributed by atoms with E-state index in [2.05, 4.69) is 9.89 Å². The Morgan fingerprint density at radius 2 is 1.86 bits per heavy atom. The van der Waals surface area contributed by atoms with Crippen LogP contribution < -0.4 is 9.47 Å². The molecule has 6 nitrogen and oxygen atoms in total. The van der Waals surface area contributed by atoms with E-state index in [-0.39, 0.29) is 5.75 Å². The molecule has 9 heteroatoms. The average molecular weight is 406 g/mol.